The fourth-order valence-electron chi connectivity index (χ4n) is 0.567. The van der Waals surface area contributed by atoms with Crippen molar-refractivity contribution in [2.45, 2.75) is 6.92 Å². The van der Waals surface area contributed by atoms with Gasteiger partial charge >= 0.3 is 0 Å². The van der Waals surface area contributed by atoms with Crippen LogP contribution in [-0.4, -0.2) is 6.61 Å². The topological polar surface area (TPSA) is 35.2 Å². The molecular formula is C8H9NO. The molecule has 52 valence electrons. The van der Waals surface area contributed by atoms with E-state index in [9.17, 15) is 0 Å². The standard InChI is InChI=1S/C8H9NO/c1-7-2-3-8(9)4-5-10-6-7/h2-3H,6,9H2,1H3/b7-2-,8-3+. The van der Waals surface area contributed by atoms with Crippen LogP contribution >= 0.6 is 0 Å². The van der Waals surface area contributed by atoms with Gasteiger partial charge < -0.3 is 10.5 Å². The number of nitrogens with two attached hydrogens (primary N) is 1. The van der Waals surface area contributed by atoms with E-state index in [1.165, 1.54) is 0 Å². The van der Waals surface area contributed by atoms with Crippen LogP contribution in [0.3, 0.4) is 0 Å². The summed E-state index contributed by atoms with van der Waals surface area (Å²) in [7, 11) is 0. The zero-order valence-electron chi connectivity index (χ0n) is 5.85. The van der Waals surface area contributed by atoms with Gasteiger partial charge in [-0.05, 0) is 24.5 Å². The van der Waals surface area contributed by atoms with Crippen molar-refractivity contribution in [2.75, 3.05) is 6.61 Å². The second-order valence-corrected chi connectivity index (χ2v) is 2.15. The summed E-state index contributed by atoms with van der Waals surface area (Å²) in [5.74, 6) is 2.63. The Bertz CT molecular complexity index is 240. The van der Waals surface area contributed by atoms with Crippen molar-refractivity contribution in [2.24, 2.45) is 5.73 Å². The molecule has 2 N–H and O–H groups in total. The van der Waals surface area contributed by atoms with Crippen molar-refractivity contribution >= 4 is 0 Å². The summed E-state index contributed by atoms with van der Waals surface area (Å²) in [6.07, 6.45) is 6.17. The third kappa shape index (κ3) is 1.87. The van der Waals surface area contributed by atoms with E-state index >= 15 is 0 Å². The molecule has 0 fully saturated rings. The Balaban J connectivity index is 2.80. The van der Waals surface area contributed by atoms with Crippen molar-refractivity contribution < 1.29 is 4.74 Å². The van der Waals surface area contributed by atoms with E-state index in [4.69, 9.17) is 10.5 Å². The maximum atomic E-state index is 5.43. The second kappa shape index (κ2) is 2.98. The van der Waals surface area contributed by atoms with Gasteiger partial charge in [-0.3, -0.25) is 0 Å². The van der Waals surface area contributed by atoms with Crippen LogP contribution in [0.4, 0.5) is 0 Å². The second-order valence-electron chi connectivity index (χ2n) is 2.15. The van der Waals surface area contributed by atoms with Gasteiger partial charge in [0, 0.05) is 0 Å². The number of hydrogen-bond donors (Lipinski definition) is 1. The number of rotatable bonds is 0. The van der Waals surface area contributed by atoms with Crippen molar-refractivity contribution in [3.05, 3.63) is 23.4 Å². The van der Waals surface area contributed by atoms with Gasteiger partial charge in [0.05, 0.1) is 5.70 Å². The molecule has 1 rings (SSSR count). The molecule has 0 spiro atoms. The minimum absolute atomic E-state index is 0.541. The molecule has 0 radical (unpaired) electrons. The Morgan fingerprint density at radius 2 is 2.40 bits per heavy atom. The third-order valence-electron chi connectivity index (χ3n) is 1.11. The molecule has 0 aromatic carbocycles. The summed E-state index contributed by atoms with van der Waals surface area (Å²) < 4.78 is 4.91. The highest BCUT2D eigenvalue weighted by Crippen LogP contribution is 1.97. The first-order chi connectivity index (χ1) is 4.79. The first kappa shape index (κ1) is 6.76. The lowest BCUT2D eigenvalue weighted by Crippen LogP contribution is -1.97. The summed E-state index contributed by atoms with van der Waals surface area (Å²) in [6.45, 7) is 2.54. The van der Waals surface area contributed by atoms with E-state index in [2.05, 4.69) is 12.0 Å². The lowest BCUT2D eigenvalue weighted by molar-refractivity contribution is 0.310. The van der Waals surface area contributed by atoms with Gasteiger partial charge in [0.1, 0.15) is 12.7 Å². The minimum Gasteiger partial charge on any atom is -0.442 e. The predicted molar refractivity (Wildman–Crippen MR) is 39.8 cm³/mol. The van der Waals surface area contributed by atoms with Crippen LogP contribution in [0, 0.1) is 12.0 Å². The zero-order chi connectivity index (χ0) is 7.40. The molecule has 0 aromatic heterocycles. The van der Waals surface area contributed by atoms with E-state index in [0.717, 1.165) is 5.57 Å². The summed E-state index contributed by atoms with van der Waals surface area (Å²) in [5.41, 5.74) is 7.09. The molecule has 1 heterocycles. The Kier molecular flexibility index (Phi) is 2.01. The highest BCUT2D eigenvalue weighted by atomic mass is 16.5. The van der Waals surface area contributed by atoms with Crippen molar-refractivity contribution in [1.82, 2.24) is 0 Å². The fraction of sp³-hybridized carbons (Fsp3) is 0.250. The number of hydrogen-bond acceptors (Lipinski definition) is 2. The van der Waals surface area contributed by atoms with Crippen LogP contribution in [0.2, 0.25) is 0 Å². The number of ether oxygens (including phenoxy) is 1. The molecule has 0 saturated heterocycles. The van der Waals surface area contributed by atoms with Gasteiger partial charge in [0.2, 0.25) is 0 Å². The molecule has 10 heavy (non-hydrogen) atoms. The number of allylic oxidation sites excluding steroid dienone is 3. The molecule has 0 aromatic rings. The van der Waals surface area contributed by atoms with Gasteiger partial charge in [-0.2, -0.15) is 0 Å². The SMILES string of the molecule is C/C1=C/C=C(/N)C#COC1. The van der Waals surface area contributed by atoms with Crippen LogP contribution in [0.5, 0.6) is 0 Å². The lowest BCUT2D eigenvalue weighted by atomic mass is 10.2. The van der Waals surface area contributed by atoms with Gasteiger partial charge in [0.15, 0.2) is 0 Å². The molecule has 0 unspecified atom stereocenters. The molecule has 0 saturated carbocycles. The van der Waals surface area contributed by atoms with Gasteiger partial charge in [-0.15, -0.1) is 0 Å². The Hall–Kier alpha value is -1.36. The van der Waals surface area contributed by atoms with E-state index in [-0.39, 0.29) is 0 Å². The normalized spacial score (nSPS) is 26.9. The maximum Gasteiger partial charge on any atom is 0.121 e. The van der Waals surface area contributed by atoms with Crippen molar-refractivity contribution in [3.63, 3.8) is 0 Å². The average molecular weight is 135 g/mol. The first-order valence-corrected chi connectivity index (χ1v) is 3.05. The molecule has 0 atom stereocenters. The fourth-order valence-corrected chi connectivity index (χ4v) is 0.567. The molecule has 0 amide bonds. The van der Waals surface area contributed by atoms with Crippen LogP contribution in [-0.2, 0) is 4.74 Å². The highest BCUT2D eigenvalue weighted by Gasteiger charge is 1.89. The van der Waals surface area contributed by atoms with Gasteiger partial charge in [-0.25, -0.2) is 0 Å². The first-order valence-electron chi connectivity index (χ1n) is 3.05. The van der Waals surface area contributed by atoms with Crippen molar-refractivity contribution in [1.29, 1.82) is 0 Å². The summed E-state index contributed by atoms with van der Waals surface area (Å²) in [6, 6.07) is 0. The van der Waals surface area contributed by atoms with E-state index in [0.29, 0.717) is 12.3 Å². The molecule has 0 bridgehead atoms. The van der Waals surface area contributed by atoms with E-state index in [1.54, 1.807) is 6.08 Å². The van der Waals surface area contributed by atoms with E-state index < -0.39 is 0 Å². The smallest absolute Gasteiger partial charge is 0.121 e. The summed E-state index contributed by atoms with van der Waals surface area (Å²) in [4.78, 5) is 0. The Morgan fingerprint density at radius 3 is 3.20 bits per heavy atom. The lowest BCUT2D eigenvalue weighted by Gasteiger charge is -1.98. The van der Waals surface area contributed by atoms with Crippen LogP contribution in [0.15, 0.2) is 23.4 Å². The maximum absolute atomic E-state index is 5.43. The van der Waals surface area contributed by atoms with Crippen LogP contribution in [0.25, 0.3) is 0 Å². The van der Waals surface area contributed by atoms with Crippen molar-refractivity contribution in [3.8, 4) is 12.0 Å². The molecule has 1 aliphatic heterocycles. The Morgan fingerprint density at radius 1 is 1.60 bits per heavy atom. The van der Waals surface area contributed by atoms with Crippen LogP contribution in [0.1, 0.15) is 6.92 Å². The third-order valence-corrected chi connectivity index (χ3v) is 1.11. The highest BCUT2D eigenvalue weighted by molar-refractivity contribution is 5.30. The average Bonchev–Trinajstić information content (AvgIpc) is 1.90. The molecule has 2 heteroatoms. The summed E-state index contributed by atoms with van der Waals surface area (Å²) in [5, 5.41) is 0. The molecular weight excluding hydrogens is 126 g/mol. The molecule has 0 aliphatic carbocycles. The predicted octanol–water partition coefficient (Wildman–Crippen LogP) is 0.766. The monoisotopic (exact) mass is 135 g/mol. The van der Waals surface area contributed by atoms with E-state index in [1.807, 2.05) is 13.0 Å². The summed E-state index contributed by atoms with van der Waals surface area (Å²) >= 11 is 0. The van der Waals surface area contributed by atoms with Gasteiger partial charge in [-0.1, -0.05) is 6.08 Å². The molecule has 2 nitrogen and oxygen atoms in total. The zero-order valence-corrected chi connectivity index (χ0v) is 5.85. The quantitative estimate of drug-likeness (QED) is 0.498. The van der Waals surface area contributed by atoms with Crippen LogP contribution < -0.4 is 5.73 Å². The molecule has 1 aliphatic rings. The largest absolute Gasteiger partial charge is 0.442 e. The minimum atomic E-state index is 0.541. The Labute approximate surface area is 60.4 Å². The van der Waals surface area contributed by atoms with Gasteiger partial charge in [0.25, 0.3) is 0 Å².